The van der Waals surface area contributed by atoms with Gasteiger partial charge in [-0.15, -0.1) is 0 Å². The fourth-order valence-electron chi connectivity index (χ4n) is 2.18. The summed E-state index contributed by atoms with van der Waals surface area (Å²) in [5, 5.41) is 5.24. The predicted octanol–water partition coefficient (Wildman–Crippen LogP) is 3.34. The number of rotatable bonds is 5. The molecule has 0 saturated heterocycles. The Kier molecular flexibility index (Phi) is 6.74. The molecule has 0 saturated carbocycles. The number of carbonyl (C=O) groups excluding carboxylic acids is 3. The van der Waals surface area contributed by atoms with Crippen molar-refractivity contribution in [3.05, 3.63) is 63.6 Å². The normalized spacial score (nSPS) is 9.96. The number of ether oxygens (including phenoxy) is 2. The second-order valence-corrected chi connectivity index (χ2v) is 6.10. The molecule has 0 aliphatic heterocycles. The number of esters is 2. The Morgan fingerprint density at radius 1 is 1.00 bits per heavy atom. The van der Waals surface area contributed by atoms with Crippen molar-refractivity contribution in [3.8, 4) is 0 Å². The van der Waals surface area contributed by atoms with Gasteiger partial charge in [0.1, 0.15) is 0 Å². The average Bonchev–Trinajstić information content (AvgIpc) is 2.65. The molecule has 2 aromatic carbocycles. The molecule has 7 nitrogen and oxygen atoms in total. The second kappa shape index (κ2) is 9.00. The van der Waals surface area contributed by atoms with E-state index >= 15 is 0 Å². The highest BCUT2D eigenvalue weighted by Crippen LogP contribution is 2.20. The van der Waals surface area contributed by atoms with Crippen molar-refractivity contribution >= 4 is 39.6 Å². The van der Waals surface area contributed by atoms with E-state index in [0.29, 0.717) is 0 Å². The summed E-state index contributed by atoms with van der Waals surface area (Å²) in [4.78, 5) is 35.7. The van der Waals surface area contributed by atoms with Gasteiger partial charge in [0.2, 0.25) is 0 Å². The van der Waals surface area contributed by atoms with Crippen LogP contribution in [0.2, 0.25) is 0 Å². The summed E-state index contributed by atoms with van der Waals surface area (Å²) >= 11 is 3.36. The molecule has 2 aromatic rings. The molecule has 0 aliphatic rings. The fourth-order valence-corrected chi connectivity index (χ4v) is 2.62. The van der Waals surface area contributed by atoms with Gasteiger partial charge in [0.25, 0.3) is 0 Å². The Hall–Kier alpha value is -2.87. The van der Waals surface area contributed by atoms with Crippen LogP contribution in [0.5, 0.6) is 0 Å². The highest BCUT2D eigenvalue weighted by Gasteiger charge is 2.17. The highest BCUT2D eigenvalue weighted by atomic mass is 79.9. The monoisotopic (exact) mass is 420 g/mol. The predicted molar refractivity (Wildman–Crippen MR) is 99.1 cm³/mol. The smallest absolute Gasteiger partial charge is 0.339 e. The van der Waals surface area contributed by atoms with E-state index in [0.717, 1.165) is 10.0 Å². The molecule has 0 fully saturated rings. The molecule has 0 radical (unpaired) electrons. The summed E-state index contributed by atoms with van der Waals surface area (Å²) in [5.41, 5.74) is 1.36. The van der Waals surface area contributed by atoms with Crippen molar-refractivity contribution in [2.45, 2.75) is 6.54 Å². The SMILES string of the molecule is COC(=O)c1ccc(C(=O)OC)c(NC(=O)NCc2cccc(Br)c2)c1. The molecule has 2 N–H and O–H groups in total. The van der Waals surface area contributed by atoms with Gasteiger partial charge in [-0.2, -0.15) is 0 Å². The van der Waals surface area contributed by atoms with Gasteiger partial charge >= 0.3 is 18.0 Å². The number of halogens is 1. The molecule has 136 valence electrons. The molecule has 0 heterocycles. The quantitative estimate of drug-likeness (QED) is 0.723. The number of urea groups is 1. The van der Waals surface area contributed by atoms with E-state index in [1.165, 1.54) is 32.4 Å². The first-order chi connectivity index (χ1) is 12.4. The summed E-state index contributed by atoms with van der Waals surface area (Å²) in [5.74, 6) is -1.22. The molecule has 8 heteroatoms. The lowest BCUT2D eigenvalue weighted by Crippen LogP contribution is -2.29. The Morgan fingerprint density at radius 2 is 1.73 bits per heavy atom. The topological polar surface area (TPSA) is 93.7 Å². The first-order valence-electron chi connectivity index (χ1n) is 7.54. The minimum Gasteiger partial charge on any atom is -0.465 e. The van der Waals surface area contributed by atoms with Crippen molar-refractivity contribution in [2.75, 3.05) is 19.5 Å². The van der Waals surface area contributed by atoms with Gasteiger partial charge in [-0.05, 0) is 35.9 Å². The van der Waals surface area contributed by atoms with E-state index in [9.17, 15) is 14.4 Å². The lowest BCUT2D eigenvalue weighted by atomic mass is 10.1. The molecule has 26 heavy (non-hydrogen) atoms. The van der Waals surface area contributed by atoms with Crippen molar-refractivity contribution in [2.24, 2.45) is 0 Å². The zero-order chi connectivity index (χ0) is 19.1. The minimum atomic E-state index is -0.635. The molecule has 2 amide bonds. The number of amides is 2. The van der Waals surface area contributed by atoms with Gasteiger partial charge in [0.15, 0.2) is 0 Å². The van der Waals surface area contributed by atoms with E-state index in [-0.39, 0.29) is 23.4 Å². The first kappa shape index (κ1) is 19.5. The fraction of sp³-hybridized carbons (Fsp3) is 0.167. The third-order valence-electron chi connectivity index (χ3n) is 3.44. The van der Waals surface area contributed by atoms with Crippen molar-refractivity contribution in [3.63, 3.8) is 0 Å². The van der Waals surface area contributed by atoms with Gasteiger partial charge in [-0.3, -0.25) is 0 Å². The van der Waals surface area contributed by atoms with E-state index < -0.39 is 18.0 Å². The molecular formula is C18H17BrN2O5. The van der Waals surface area contributed by atoms with Gasteiger partial charge < -0.3 is 20.1 Å². The van der Waals surface area contributed by atoms with Crippen LogP contribution in [-0.2, 0) is 16.0 Å². The number of hydrogen-bond donors (Lipinski definition) is 2. The van der Waals surface area contributed by atoms with Gasteiger partial charge in [0.05, 0.1) is 31.0 Å². The molecule has 0 aromatic heterocycles. The maximum atomic E-state index is 12.2. The molecular weight excluding hydrogens is 404 g/mol. The van der Waals surface area contributed by atoms with Crippen LogP contribution in [0.1, 0.15) is 26.3 Å². The molecule has 0 atom stereocenters. The number of carbonyl (C=O) groups is 3. The summed E-state index contributed by atoms with van der Waals surface area (Å²) < 4.78 is 10.2. The van der Waals surface area contributed by atoms with E-state index in [2.05, 4.69) is 31.3 Å². The van der Waals surface area contributed by atoms with E-state index in [4.69, 9.17) is 4.74 Å². The number of nitrogens with one attached hydrogen (secondary N) is 2. The largest absolute Gasteiger partial charge is 0.465 e. The Bertz CT molecular complexity index is 838. The Labute approximate surface area is 158 Å². The Balaban J connectivity index is 2.15. The van der Waals surface area contributed by atoms with Crippen LogP contribution in [0.4, 0.5) is 10.5 Å². The zero-order valence-corrected chi connectivity index (χ0v) is 15.8. The van der Waals surface area contributed by atoms with Gasteiger partial charge in [-0.25, -0.2) is 14.4 Å². The summed E-state index contributed by atoms with van der Waals surface area (Å²) in [6.45, 7) is 0.287. The average molecular weight is 421 g/mol. The lowest BCUT2D eigenvalue weighted by Gasteiger charge is -2.12. The van der Waals surface area contributed by atoms with Crippen LogP contribution in [0, 0.1) is 0 Å². The van der Waals surface area contributed by atoms with Crippen LogP contribution in [-0.4, -0.2) is 32.2 Å². The maximum Gasteiger partial charge on any atom is 0.339 e. The van der Waals surface area contributed by atoms with Crippen LogP contribution >= 0.6 is 15.9 Å². The first-order valence-corrected chi connectivity index (χ1v) is 8.34. The van der Waals surface area contributed by atoms with Gasteiger partial charge in [0, 0.05) is 11.0 Å². The molecule has 0 unspecified atom stereocenters. The van der Waals surface area contributed by atoms with Crippen molar-refractivity contribution in [1.29, 1.82) is 0 Å². The third kappa shape index (κ3) is 5.06. The molecule has 0 aliphatic carbocycles. The number of benzene rings is 2. The van der Waals surface area contributed by atoms with E-state index in [1.54, 1.807) is 0 Å². The number of anilines is 1. The molecule has 0 bridgehead atoms. The van der Waals surface area contributed by atoms with Crippen molar-refractivity contribution in [1.82, 2.24) is 5.32 Å². The van der Waals surface area contributed by atoms with E-state index in [1.807, 2.05) is 24.3 Å². The van der Waals surface area contributed by atoms with Crippen LogP contribution in [0.25, 0.3) is 0 Å². The van der Waals surface area contributed by atoms with Crippen molar-refractivity contribution < 1.29 is 23.9 Å². The number of hydrogen-bond acceptors (Lipinski definition) is 5. The van der Waals surface area contributed by atoms with Crippen LogP contribution < -0.4 is 10.6 Å². The number of methoxy groups -OCH3 is 2. The zero-order valence-electron chi connectivity index (χ0n) is 14.2. The summed E-state index contributed by atoms with van der Waals surface area (Å²) in [6.07, 6.45) is 0. The van der Waals surface area contributed by atoms with Crippen LogP contribution in [0.3, 0.4) is 0 Å². The molecule has 0 spiro atoms. The standard InChI is InChI=1S/C18H17BrN2O5/c1-25-16(22)12-6-7-14(17(23)26-2)15(9-12)21-18(24)20-10-11-4-3-5-13(19)8-11/h3-9H,10H2,1-2H3,(H2,20,21,24). The lowest BCUT2D eigenvalue weighted by molar-refractivity contribution is 0.0587. The molecule has 2 rings (SSSR count). The minimum absolute atomic E-state index is 0.123. The second-order valence-electron chi connectivity index (χ2n) is 5.18. The third-order valence-corrected chi connectivity index (χ3v) is 3.93. The highest BCUT2D eigenvalue weighted by molar-refractivity contribution is 9.10. The Morgan fingerprint density at radius 3 is 2.38 bits per heavy atom. The summed E-state index contributed by atoms with van der Waals surface area (Å²) in [7, 11) is 2.47. The summed E-state index contributed by atoms with van der Waals surface area (Å²) in [6, 6.07) is 11.1. The van der Waals surface area contributed by atoms with Crippen LogP contribution in [0.15, 0.2) is 46.9 Å². The maximum absolute atomic E-state index is 12.2. The van der Waals surface area contributed by atoms with Gasteiger partial charge in [-0.1, -0.05) is 28.1 Å².